The van der Waals surface area contributed by atoms with Gasteiger partial charge in [0.15, 0.2) is 0 Å². The summed E-state index contributed by atoms with van der Waals surface area (Å²) in [6.07, 6.45) is 8.11. The predicted octanol–water partition coefficient (Wildman–Crippen LogP) is 3.63. The molecule has 28 heavy (non-hydrogen) atoms. The van der Waals surface area contributed by atoms with E-state index in [9.17, 15) is 15.0 Å². The van der Waals surface area contributed by atoms with Crippen LogP contribution in [0.15, 0.2) is 18.2 Å². The zero-order valence-electron chi connectivity index (χ0n) is 16.9. The monoisotopic (exact) mass is 390 g/mol. The smallest absolute Gasteiger partial charge is 0.295 e. The average molecular weight is 391 g/mol. The Kier molecular flexibility index (Phi) is 7.74. The molecule has 2 N–H and O–H groups in total. The lowest BCUT2D eigenvalue weighted by molar-refractivity contribution is -0.134. The van der Waals surface area contributed by atoms with Crippen LogP contribution in [0.3, 0.4) is 0 Å². The van der Waals surface area contributed by atoms with Crippen LogP contribution in [0, 0.1) is 17.8 Å². The van der Waals surface area contributed by atoms with Crippen molar-refractivity contribution in [2.75, 3.05) is 6.79 Å². The lowest BCUT2D eigenvalue weighted by Gasteiger charge is -2.32. The largest absolute Gasteiger partial charge is 0.457 e. The molecule has 1 aromatic carbocycles. The van der Waals surface area contributed by atoms with Gasteiger partial charge in [-0.1, -0.05) is 38.3 Å². The number of aliphatic hydroxyl groups excluding tert-OH is 2. The molecule has 2 aliphatic carbocycles. The molecular weight excluding hydrogens is 356 g/mol. The van der Waals surface area contributed by atoms with Crippen molar-refractivity contribution in [3.8, 4) is 5.75 Å². The molecule has 0 aliphatic heterocycles. The summed E-state index contributed by atoms with van der Waals surface area (Å²) in [5.41, 5.74) is 2.46. The predicted molar refractivity (Wildman–Crippen MR) is 107 cm³/mol. The number of benzene rings is 1. The molecular formula is C23H34O5. The highest BCUT2D eigenvalue weighted by atomic mass is 16.7. The van der Waals surface area contributed by atoms with Gasteiger partial charge in [-0.05, 0) is 73.5 Å². The van der Waals surface area contributed by atoms with Crippen LogP contribution < -0.4 is 4.74 Å². The van der Waals surface area contributed by atoms with Crippen LogP contribution in [0.1, 0.15) is 63.0 Å². The Balaban J connectivity index is 1.61. The molecule has 156 valence electrons. The number of fused-ring (bicyclic) bond motifs is 2. The molecule has 5 nitrogen and oxygen atoms in total. The molecule has 0 aromatic heterocycles. The normalized spacial score (nSPS) is 27.0. The Morgan fingerprint density at radius 3 is 2.89 bits per heavy atom. The maximum atomic E-state index is 10.7. The Morgan fingerprint density at radius 1 is 1.25 bits per heavy atom. The van der Waals surface area contributed by atoms with E-state index in [-0.39, 0.29) is 24.9 Å². The van der Waals surface area contributed by atoms with Crippen molar-refractivity contribution in [1.29, 1.82) is 0 Å². The molecule has 0 radical (unpaired) electrons. The number of carbonyl (C=O) groups excluding carboxylic acids is 1. The third-order valence-electron chi connectivity index (χ3n) is 6.67. The standard InChI is InChI=1S/C23H34O5/c1-2-3-4-7-18(25)9-10-19-20-11-16-6-5-8-23(28-15-27-14-24)21(16)12-17(20)13-22(19)26/h5-6,8,14,17-20,22,25-26H,2-4,7,9-13,15H2,1H3/t17?,18-,19+,20?,22+/m0/s1. The quantitative estimate of drug-likeness (QED) is 0.343. The molecule has 5 atom stereocenters. The summed E-state index contributed by atoms with van der Waals surface area (Å²) in [5, 5.41) is 21.0. The Bertz CT molecular complexity index is 631. The zero-order chi connectivity index (χ0) is 19.9. The van der Waals surface area contributed by atoms with E-state index in [0.717, 1.165) is 50.7 Å². The molecule has 2 aliphatic rings. The Labute approximate surface area is 168 Å². The molecule has 0 saturated heterocycles. The van der Waals surface area contributed by atoms with E-state index < -0.39 is 0 Å². The van der Waals surface area contributed by atoms with Crippen molar-refractivity contribution in [3.05, 3.63) is 29.3 Å². The van der Waals surface area contributed by atoms with Gasteiger partial charge in [-0.2, -0.15) is 0 Å². The van der Waals surface area contributed by atoms with Gasteiger partial charge in [0, 0.05) is 0 Å². The third kappa shape index (κ3) is 5.06. The van der Waals surface area contributed by atoms with Gasteiger partial charge in [0.2, 0.25) is 6.79 Å². The summed E-state index contributed by atoms with van der Waals surface area (Å²) in [5.74, 6) is 1.96. The topological polar surface area (TPSA) is 76.0 Å². The molecule has 3 rings (SSSR count). The second-order valence-electron chi connectivity index (χ2n) is 8.44. The van der Waals surface area contributed by atoms with Crippen molar-refractivity contribution < 1.29 is 24.5 Å². The van der Waals surface area contributed by atoms with Crippen molar-refractivity contribution in [3.63, 3.8) is 0 Å². The van der Waals surface area contributed by atoms with Crippen LogP contribution in [0.5, 0.6) is 5.75 Å². The minimum atomic E-state index is -0.282. The van der Waals surface area contributed by atoms with Crippen LogP contribution >= 0.6 is 0 Å². The number of hydrogen-bond acceptors (Lipinski definition) is 5. The summed E-state index contributed by atoms with van der Waals surface area (Å²) >= 11 is 0. The van der Waals surface area contributed by atoms with Gasteiger partial charge < -0.3 is 19.7 Å². The summed E-state index contributed by atoms with van der Waals surface area (Å²) in [6, 6.07) is 6.04. The maximum absolute atomic E-state index is 10.7. The van der Waals surface area contributed by atoms with Crippen LogP contribution in [0.25, 0.3) is 0 Å². The fourth-order valence-electron chi connectivity index (χ4n) is 5.22. The van der Waals surface area contributed by atoms with E-state index in [2.05, 4.69) is 17.7 Å². The van der Waals surface area contributed by atoms with Gasteiger partial charge in [-0.3, -0.25) is 4.79 Å². The van der Waals surface area contributed by atoms with E-state index >= 15 is 0 Å². The fourth-order valence-corrected chi connectivity index (χ4v) is 5.22. The van der Waals surface area contributed by atoms with Crippen molar-refractivity contribution in [2.24, 2.45) is 17.8 Å². The summed E-state index contributed by atoms with van der Waals surface area (Å²) in [6.45, 7) is 2.49. The molecule has 0 heterocycles. The van der Waals surface area contributed by atoms with E-state index in [1.54, 1.807) is 0 Å². The minimum Gasteiger partial charge on any atom is -0.457 e. The highest BCUT2D eigenvalue weighted by molar-refractivity contribution is 5.43. The van der Waals surface area contributed by atoms with Crippen molar-refractivity contribution in [1.82, 2.24) is 0 Å². The summed E-state index contributed by atoms with van der Waals surface area (Å²) < 4.78 is 10.3. The number of unbranched alkanes of at least 4 members (excludes halogenated alkanes) is 2. The van der Waals surface area contributed by atoms with E-state index in [0.29, 0.717) is 18.3 Å². The number of rotatable bonds is 11. The van der Waals surface area contributed by atoms with Gasteiger partial charge in [-0.25, -0.2) is 0 Å². The van der Waals surface area contributed by atoms with Crippen molar-refractivity contribution >= 4 is 6.47 Å². The maximum Gasteiger partial charge on any atom is 0.295 e. The average Bonchev–Trinajstić information content (AvgIpc) is 2.99. The molecule has 1 fully saturated rings. The summed E-state index contributed by atoms with van der Waals surface area (Å²) in [7, 11) is 0. The van der Waals surface area contributed by atoms with Gasteiger partial charge >= 0.3 is 0 Å². The number of hydrogen-bond donors (Lipinski definition) is 2. The first-order valence-corrected chi connectivity index (χ1v) is 10.8. The highest BCUT2D eigenvalue weighted by Crippen LogP contribution is 2.48. The Hall–Kier alpha value is -1.59. The first-order chi connectivity index (χ1) is 13.6. The molecule has 5 heteroatoms. The van der Waals surface area contributed by atoms with Gasteiger partial charge in [0.05, 0.1) is 12.2 Å². The SMILES string of the molecule is CCCCC[C@H](O)CC[C@@H]1C2Cc3cccc(OCOC=O)c3CC2C[C@H]1O. The lowest BCUT2D eigenvalue weighted by atomic mass is 9.73. The van der Waals surface area contributed by atoms with E-state index in [4.69, 9.17) is 4.74 Å². The zero-order valence-corrected chi connectivity index (χ0v) is 16.9. The molecule has 1 aromatic rings. The van der Waals surface area contributed by atoms with Gasteiger partial charge in [0.1, 0.15) is 5.75 Å². The highest BCUT2D eigenvalue weighted by Gasteiger charge is 2.44. The van der Waals surface area contributed by atoms with E-state index in [1.807, 2.05) is 12.1 Å². The first kappa shape index (κ1) is 21.1. The number of aliphatic hydroxyl groups is 2. The molecule has 2 unspecified atom stereocenters. The molecule has 0 bridgehead atoms. The van der Waals surface area contributed by atoms with Crippen molar-refractivity contribution in [2.45, 2.75) is 76.9 Å². The molecule has 0 spiro atoms. The fraction of sp³-hybridized carbons (Fsp3) is 0.696. The third-order valence-corrected chi connectivity index (χ3v) is 6.67. The van der Waals surface area contributed by atoms with Crippen LogP contribution in [-0.4, -0.2) is 35.7 Å². The molecule has 0 amide bonds. The second-order valence-corrected chi connectivity index (χ2v) is 8.44. The van der Waals surface area contributed by atoms with Gasteiger partial charge in [-0.15, -0.1) is 0 Å². The van der Waals surface area contributed by atoms with E-state index in [1.165, 1.54) is 24.0 Å². The minimum absolute atomic E-state index is 0.0742. The van der Waals surface area contributed by atoms with Crippen LogP contribution in [0.4, 0.5) is 0 Å². The lowest BCUT2D eigenvalue weighted by Crippen LogP contribution is -2.28. The number of carbonyl (C=O) groups is 1. The van der Waals surface area contributed by atoms with Crippen LogP contribution in [-0.2, 0) is 22.4 Å². The Morgan fingerprint density at radius 2 is 2.11 bits per heavy atom. The first-order valence-electron chi connectivity index (χ1n) is 10.8. The molecule has 1 saturated carbocycles. The number of ether oxygens (including phenoxy) is 2. The second kappa shape index (κ2) is 10.3. The van der Waals surface area contributed by atoms with Gasteiger partial charge in [0.25, 0.3) is 6.47 Å². The van der Waals surface area contributed by atoms with Crippen LogP contribution in [0.2, 0.25) is 0 Å². The summed E-state index contributed by atoms with van der Waals surface area (Å²) in [4.78, 5) is 10.3.